The molecule has 3 aromatic rings. The summed E-state index contributed by atoms with van der Waals surface area (Å²) >= 11 is 1.25. The molecule has 1 fully saturated rings. The van der Waals surface area contributed by atoms with Gasteiger partial charge in [0.2, 0.25) is 16.0 Å². The lowest BCUT2D eigenvalue weighted by Crippen LogP contribution is -2.32. The van der Waals surface area contributed by atoms with Crippen LogP contribution >= 0.6 is 11.3 Å². The van der Waals surface area contributed by atoms with Gasteiger partial charge in [-0.2, -0.15) is 4.98 Å². The van der Waals surface area contributed by atoms with Gasteiger partial charge >= 0.3 is 0 Å². The number of nitrogens with zero attached hydrogens (tertiary/aromatic N) is 2. The molecule has 7 nitrogen and oxygen atoms in total. The van der Waals surface area contributed by atoms with Crippen LogP contribution in [0.25, 0.3) is 10.9 Å². The number of rotatable bonds is 8. The number of aromatic nitrogens is 2. The molecule has 0 spiro atoms. The third-order valence-corrected chi connectivity index (χ3v) is 8.75. The van der Waals surface area contributed by atoms with Crippen molar-refractivity contribution >= 4 is 44.0 Å². The second-order valence-corrected chi connectivity index (χ2v) is 12.8. The second kappa shape index (κ2) is 9.95. The molecule has 1 aliphatic rings. The lowest BCUT2D eigenvalue weighted by Gasteiger charge is -2.28. The Morgan fingerprint density at radius 2 is 1.67 bits per heavy atom. The smallest absolute Gasteiger partial charge is 0.250 e. The fourth-order valence-corrected chi connectivity index (χ4v) is 6.35. The Morgan fingerprint density at radius 1 is 0.970 bits per heavy atom. The Hall–Kier alpha value is -2.23. The first-order valence-corrected chi connectivity index (χ1v) is 13.9. The number of hydrogen-bond donors (Lipinski definition) is 3. The van der Waals surface area contributed by atoms with Crippen LogP contribution in [0.4, 0.5) is 11.8 Å². The monoisotopic (exact) mass is 487 g/mol. The highest BCUT2D eigenvalue weighted by Gasteiger charge is 2.24. The van der Waals surface area contributed by atoms with Crippen LogP contribution < -0.4 is 15.4 Å². The predicted molar refractivity (Wildman–Crippen MR) is 136 cm³/mol. The number of nitrogens with one attached hydrogen (secondary N) is 3. The van der Waals surface area contributed by atoms with Gasteiger partial charge in [0, 0.05) is 24.0 Å². The number of para-hydroxylation sites is 1. The van der Waals surface area contributed by atoms with E-state index in [1.54, 1.807) is 17.5 Å². The molecule has 3 N–H and O–H groups in total. The highest BCUT2D eigenvalue weighted by Crippen LogP contribution is 2.30. The highest BCUT2D eigenvalue weighted by molar-refractivity contribution is 7.91. The first-order chi connectivity index (χ1) is 15.7. The third kappa shape index (κ3) is 6.43. The van der Waals surface area contributed by atoms with Gasteiger partial charge in [0.25, 0.3) is 0 Å². The van der Waals surface area contributed by atoms with Crippen molar-refractivity contribution in [3.63, 3.8) is 0 Å². The number of sulfonamides is 1. The quantitative estimate of drug-likeness (QED) is 0.409. The predicted octanol–water partition coefficient (Wildman–Crippen LogP) is 5.10. The summed E-state index contributed by atoms with van der Waals surface area (Å²) in [5.74, 6) is 2.41. The Labute approximate surface area is 200 Å². The van der Waals surface area contributed by atoms with Crippen molar-refractivity contribution in [2.45, 2.75) is 56.2 Å². The largest absolute Gasteiger partial charge is 0.365 e. The van der Waals surface area contributed by atoms with Crippen LogP contribution in [-0.4, -0.2) is 37.0 Å². The second-order valence-electron chi connectivity index (χ2n) is 9.84. The van der Waals surface area contributed by atoms with E-state index in [0.29, 0.717) is 28.5 Å². The summed E-state index contributed by atoms with van der Waals surface area (Å²) in [7, 11) is -3.38. The van der Waals surface area contributed by atoms with Gasteiger partial charge in [-0.25, -0.2) is 18.1 Å². The molecule has 2 heterocycles. The molecule has 1 aromatic carbocycles. The molecular weight excluding hydrogens is 454 g/mol. The van der Waals surface area contributed by atoms with Crippen molar-refractivity contribution in [3.8, 4) is 0 Å². The standard InChI is InChI=1S/C24H33N5O2S2/c1-24(2,3)29-22-19-7-4-5-8-20(19)27-23(28-22)25-15-17-10-12-18(13-11-17)16-26-33(30,31)21-9-6-14-32-21/h4-9,14,17-18,26H,10-13,15-16H2,1-3H3,(H2,25,27,28,29)/t17-,18-. The fourth-order valence-electron chi connectivity index (χ4n) is 4.20. The van der Waals surface area contributed by atoms with Gasteiger partial charge in [0.1, 0.15) is 10.0 Å². The highest BCUT2D eigenvalue weighted by atomic mass is 32.2. The molecule has 0 unspecified atom stereocenters. The average molecular weight is 488 g/mol. The van der Waals surface area contributed by atoms with Crippen molar-refractivity contribution in [2.75, 3.05) is 23.7 Å². The van der Waals surface area contributed by atoms with E-state index in [4.69, 9.17) is 9.97 Å². The van der Waals surface area contributed by atoms with Crippen LogP contribution in [0.2, 0.25) is 0 Å². The zero-order valence-electron chi connectivity index (χ0n) is 19.5. The van der Waals surface area contributed by atoms with E-state index in [2.05, 4.69) is 36.1 Å². The maximum absolute atomic E-state index is 12.3. The molecule has 0 aliphatic heterocycles. The fraction of sp³-hybridized carbons (Fsp3) is 0.500. The van der Waals surface area contributed by atoms with Crippen LogP contribution in [-0.2, 0) is 10.0 Å². The third-order valence-electron chi connectivity index (χ3n) is 5.93. The molecule has 0 radical (unpaired) electrons. The molecule has 0 amide bonds. The van der Waals surface area contributed by atoms with Gasteiger partial charge in [-0.15, -0.1) is 11.3 Å². The first kappa shape index (κ1) is 23.9. The van der Waals surface area contributed by atoms with Crippen LogP contribution in [0, 0.1) is 11.8 Å². The maximum atomic E-state index is 12.3. The molecule has 2 aromatic heterocycles. The van der Waals surface area contributed by atoms with Crippen LogP contribution in [0.15, 0.2) is 46.0 Å². The Kier molecular flexibility index (Phi) is 7.21. The topological polar surface area (TPSA) is 96.0 Å². The minimum absolute atomic E-state index is 0.0994. The Bertz CT molecular complexity index is 1170. The zero-order valence-corrected chi connectivity index (χ0v) is 21.1. The van der Waals surface area contributed by atoms with Crippen molar-refractivity contribution in [2.24, 2.45) is 11.8 Å². The summed E-state index contributed by atoms with van der Waals surface area (Å²) in [6, 6.07) is 11.5. The number of fused-ring (bicyclic) bond motifs is 1. The van der Waals surface area contributed by atoms with Crippen molar-refractivity contribution in [1.29, 1.82) is 0 Å². The number of hydrogen-bond acceptors (Lipinski definition) is 7. The minimum atomic E-state index is -3.38. The van der Waals surface area contributed by atoms with Crippen LogP contribution in [0.1, 0.15) is 46.5 Å². The van der Waals surface area contributed by atoms with Crippen LogP contribution in [0.3, 0.4) is 0 Å². The van der Waals surface area contributed by atoms with Gasteiger partial charge in [-0.3, -0.25) is 0 Å². The SMILES string of the molecule is CC(C)(C)Nc1nc(NC[C@H]2CC[C@H](CNS(=O)(=O)c3cccs3)CC2)nc2ccccc12. The normalized spacial score (nSPS) is 19.5. The Balaban J connectivity index is 1.31. The van der Waals surface area contributed by atoms with Gasteiger partial charge in [-0.1, -0.05) is 18.2 Å². The molecule has 33 heavy (non-hydrogen) atoms. The van der Waals surface area contributed by atoms with E-state index in [1.165, 1.54) is 11.3 Å². The molecule has 1 aliphatic carbocycles. The molecule has 0 bridgehead atoms. The summed E-state index contributed by atoms with van der Waals surface area (Å²) in [5, 5.41) is 9.75. The molecule has 178 valence electrons. The van der Waals surface area contributed by atoms with Gasteiger partial charge in [0.15, 0.2) is 0 Å². The molecule has 9 heteroatoms. The van der Waals surface area contributed by atoms with E-state index in [0.717, 1.165) is 48.9 Å². The lowest BCUT2D eigenvalue weighted by molar-refractivity contribution is 0.284. The van der Waals surface area contributed by atoms with E-state index in [-0.39, 0.29) is 5.54 Å². The summed E-state index contributed by atoms with van der Waals surface area (Å²) in [4.78, 5) is 9.47. The van der Waals surface area contributed by atoms with Crippen molar-refractivity contribution in [3.05, 3.63) is 41.8 Å². The van der Waals surface area contributed by atoms with Gasteiger partial charge in [0.05, 0.1) is 5.52 Å². The lowest BCUT2D eigenvalue weighted by atomic mass is 9.82. The van der Waals surface area contributed by atoms with Crippen molar-refractivity contribution < 1.29 is 8.42 Å². The van der Waals surface area contributed by atoms with Crippen molar-refractivity contribution in [1.82, 2.24) is 14.7 Å². The van der Waals surface area contributed by atoms with E-state index in [1.807, 2.05) is 24.3 Å². The molecular formula is C24H33N5O2S2. The van der Waals surface area contributed by atoms with Crippen LogP contribution in [0.5, 0.6) is 0 Å². The number of thiophene rings is 1. The maximum Gasteiger partial charge on any atom is 0.250 e. The summed E-state index contributed by atoms with van der Waals surface area (Å²) in [6.07, 6.45) is 4.18. The van der Waals surface area contributed by atoms with Gasteiger partial charge in [-0.05, 0) is 81.9 Å². The van der Waals surface area contributed by atoms with Gasteiger partial charge < -0.3 is 10.6 Å². The summed E-state index contributed by atoms with van der Waals surface area (Å²) in [5.41, 5.74) is 0.820. The number of benzene rings is 1. The first-order valence-electron chi connectivity index (χ1n) is 11.5. The van der Waals surface area contributed by atoms with E-state index < -0.39 is 10.0 Å². The zero-order chi connectivity index (χ0) is 23.5. The molecule has 1 saturated carbocycles. The summed E-state index contributed by atoms with van der Waals surface area (Å²) in [6.45, 7) is 7.69. The minimum Gasteiger partial charge on any atom is -0.365 e. The molecule has 0 saturated heterocycles. The summed E-state index contributed by atoms with van der Waals surface area (Å²) < 4.78 is 27.8. The Morgan fingerprint density at radius 3 is 2.33 bits per heavy atom. The molecule has 0 atom stereocenters. The van der Waals surface area contributed by atoms with E-state index >= 15 is 0 Å². The number of anilines is 2. The molecule has 4 rings (SSSR count). The average Bonchev–Trinajstić information content (AvgIpc) is 3.32. The van der Waals surface area contributed by atoms with E-state index in [9.17, 15) is 8.42 Å².